The molecule has 0 aliphatic heterocycles. The topological polar surface area (TPSA) is 227 Å². The Morgan fingerprint density at radius 2 is 0.983 bits per heavy atom. The van der Waals surface area contributed by atoms with Crippen molar-refractivity contribution >= 4 is 25.7 Å². The van der Waals surface area contributed by atoms with Crippen molar-refractivity contribution in [2.75, 3.05) is 13.7 Å². The van der Waals surface area contributed by atoms with Gasteiger partial charge < -0.3 is 44.4 Å². The molecule has 0 rings (SSSR count). The fraction of sp³-hybridized carbons (Fsp3) is 0.886. The summed E-state index contributed by atoms with van der Waals surface area (Å²) in [6.07, 6.45) is 30.5. The summed E-state index contributed by atoms with van der Waals surface area (Å²) >= 11 is 0. The molecule has 0 fully saturated rings. The molecular weight excluding hydrogens is 783 g/mol. The van der Waals surface area contributed by atoms with E-state index in [9.17, 15) is 39.4 Å². The largest absolute Gasteiger partial charge is 0.474 e. The molecule has 0 amide bonds. The number of methoxy groups -OCH3 is 1. The summed E-state index contributed by atoms with van der Waals surface area (Å²) in [4.78, 5) is 56.0. The van der Waals surface area contributed by atoms with E-state index in [1.807, 2.05) is 0 Å². The van der Waals surface area contributed by atoms with Crippen molar-refractivity contribution in [1.29, 1.82) is 0 Å². The molecule has 0 radical (unpaired) electrons. The van der Waals surface area contributed by atoms with Gasteiger partial charge in [-0.05, 0) is 51.4 Å². The Labute approximate surface area is 355 Å². The number of unbranched alkanes of at least 4 members (excludes halogenated alkanes) is 23. The minimum absolute atomic E-state index is 0.0169. The van der Waals surface area contributed by atoms with Crippen LogP contribution in [0.15, 0.2) is 12.2 Å². The molecule has 15 heteroatoms. The number of hydrogen-bond donors (Lipinski definition) is 6. The summed E-state index contributed by atoms with van der Waals surface area (Å²) in [6.45, 7) is 3.91. The van der Waals surface area contributed by atoms with E-state index in [2.05, 4.69) is 35.3 Å². The smallest absolute Gasteiger partial charge is 0.469 e. The van der Waals surface area contributed by atoms with Crippen LogP contribution in [0.3, 0.4) is 0 Å². The zero-order valence-corrected chi connectivity index (χ0v) is 37.7. The Balaban J connectivity index is 5.16. The van der Waals surface area contributed by atoms with Crippen LogP contribution in [0, 0.1) is 5.92 Å². The second-order valence-corrected chi connectivity index (χ2v) is 17.2. The number of esters is 3. The molecule has 0 heterocycles. The molecule has 348 valence electrons. The van der Waals surface area contributed by atoms with Crippen molar-refractivity contribution in [3.8, 4) is 0 Å². The zero-order valence-electron chi connectivity index (χ0n) is 36.8. The molecular formula is C44H83O14P. The molecule has 0 saturated carbocycles. The van der Waals surface area contributed by atoms with Gasteiger partial charge in [-0.25, -0.2) is 9.09 Å². The first-order chi connectivity index (χ1) is 28.1. The van der Waals surface area contributed by atoms with Gasteiger partial charge in [0.15, 0.2) is 0 Å². The Kier molecular flexibility index (Phi) is 34.5. The monoisotopic (exact) mass is 867 g/mol. The second kappa shape index (κ2) is 35.7. The van der Waals surface area contributed by atoms with Crippen molar-refractivity contribution in [2.24, 2.45) is 5.92 Å². The van der Waals surface area contributed by atoms with E-state index in [1.165, 1.54) is 89.9 Å². The quantitative estimate of drug-likeness (QED) is 0.00841. The molecule has 2 unspecified atom stereocenters. The number of aliphatic hydroxyl groups is 4. The first-order valence-electron chi connectivity index (χ1n) is 22.8. The van der Waals surface area contributed by atoms with Gasteiger partial charge in [0.2, 0.25) is 0 Å². The first kappa shape index (κ1) is 57.1. The number of carbonyl (C=O) groups is 3. The third kappa shape index (κ3) is 32.5. The zero-order chi connectivity index (χ0) is 44.3. The van der Waals surface area contributed by atoms with Crippen molar-refractivity contribution in [3.05, 3.63) is 12.2 Å². The average molecular weight is 867 g/mol. The van der Waals surface area contributed by atoms with Gasteiger partial charge in [0.1, 0.15) is 12.7 Å². The maximum Gasteiger partial charge on any atom is 0.474 e. The van der Waals surface area contributed by atoms with Crippen LogP contribution in [-0.2, 0) is 37.7 Å². The molecule has 0 aromatic heterocycles. The summed E-state index contributed by atoms with van der Waals surface area (Å²) in [6, 6.07) is 0. The lowest BCUT2D eigenvalue weighted by Crippen LogP contribution is -2.60. The van der Waals surface area contributed by atoms with E-state index in [1.54, 1.807) is 0 Å². The van der Waals surface area contributed by atoms with E-state index < -0.39 is 75.4 Å². The molecule has 0 saturated heterocycles. The van der Waals surface area contributed by atoms with E-state index in [0.717, 1.165) is 71.3 Å². The molecule has 0 aliphatic carbocycles. The molecule has 14 nitrogen and oxygen atoms in total. The Morgan fingerprint density at radius 3 is 1.41 bits per heavy atom. The summed E-state index contributed by atoms with van der Waals surface area (Å²) < 4.78 is 30.9. The van der Waals surface area contributed by atoms with Gasteiger partial charge in [-0.3, -0.25) is 14.4 Å². The molecule has 0 aromatic carbocycles. The maximum absolute atomic E-state index is 13.0. The fourth-order valence-corrected chi connectivity index (χ4v) is 7.44. The van der Waals surface area contributed by atoms with Gasteiger partial charge >= 0.3 is 31.7 Å². The van der Waals surface area contributed by atoms with Crippen LogP contribution < -0.4 is 0 Å². The minimum atomic E-state index is -5.68. The summed E-state index contributed by atoms with van der Waals surface area (Å²) in [5, 5.41) is 42.2. The number of allylic oxidation sites excluding steroid dienone is 2. The Morgan fingerprint density at radius 1 is 0.576 bits per heavy atom. The SMILES string of the molecule is CCCCCCCC/C=C\CCCCCCCC(=O)OC(COC(=O)CCCCCCCCCCCCCCC)CC(CCC(=O)OC)C(O)(O)C(O)(O)OP(=O)(O)O. The van der Waals surface area contributed by atoms with Crippen molar-refractivity contribution in [1.82, 2.24) is 0 Å². The van der Waals surface area contributed by atoms with Gasteiger partial charge in [-0.1, -0.05) is 154 Å². The number of rotatable bonds is 41. The molecule has 0 spiro atoms. The van der Waals surface area contributed by atoms with E-state index in [-0.39, 0.29) is 12.8 Å². The first-order valence-corrected chi connectivity index (χ1v) is 24.3. The van der Waals surface area contributed by atoms with Crippen LogP contribution in [0.25, 0.3) is 0 Å². The van der Waals surface area contributed by atoms with Crippen LogP contribution in [-0.4, -0.2) is 79.7 Å². The number of phosphoric acid groups is 1. The lowest BCUT2D eigenvalue weighted by molar-refractivity contribution is -0.452. The van der Waals surface area contributed by atoms with E-state index >= 15 is 0 Å². The van der Waals surface area contributed by atoms with Gasteiger partial charge in [-0.2, -0.15) is 0 Å². The predicted molar refractivity (Wildman–Crippen MR) is 227 cm³/mol. The summed E-state index contributed by atoms with van der Waals surface area (Å²) in [5.41, 5.74) is 0. The van der Waals surface area contributed by atoms with Crippen LogP contribution >= 0.6 is 7.82 Å². The van der Waals surface area contributed by atoms with Crippen molar-refractivity contribution in [2.45, 2.75) is 231 Å². The lowest BCUT2D eigenvalue weighted by Gasteiger charge is -2.40. The Bertz CT molecular complexity index is 1140. The van der Waals surface area contributed by atoms with Gasteiger partial charge in [0, 0.05) is 25.2 Å². The molecule has 6 N–H and O–H groups in total. The molecule has 0 aliphatic rings. The third-order valence-electron chi connectivity index (χ3n) is 10.6. The lowest BCUT2D eigenvalue weighted by atomic mass is 9.86. The maximum atomic E-state index is 13.0. The third-order valence-corrected chi connectivity index (χ3v) is 11.1. The normalized spacial score (nSPS) is 13.4. The molecule has 59 heavy (non-hydrogen) atoms. The van der Waals surface area contributed by atoms with Gasteiger partial charge in [0.05, 0.1) is 7.11 Å². The molecule has 0 aromatic rings. The van der Waals surface area contributed by atoms with Crippen molar-refractivity contribution in [3.63, 3.8) is 0 Å². The highest BCUT2D eigenvalue weighted by molar-refractivity contribution is 7.46. The van der Waals surface area contributed by atoms with Crippen LogP contribution in [0.1, 0.15) is 213 Å². The van der Waals surface area contributed by atoms with Gasteiger partial charge in [0.25, 0.3) is 5.79 Å². The molecule has 2 atom stereocenters. The van der Waals surface area contributed by atoms with Crippen LogP contribution in [0.2, 0.25) is 0 Å². The average Bonchev–Trinajstić information content (AvgIpc) is 3.17. The highest BCUT2D eigenvalue weighted by Crippen LogP contribution is 2.45. The second-order valence-electron chi connectivity index (χ2n) is 16.1. The highest BCUT2D eigenvalue weighted by Gasteiger charge is 2.58. The summed E-state index contributed by atoms with van der Waals surface area (Å²) in [5.74, 6) is -11.9. The van der Waals surface area contributed by atoms with Crippen LogP contribution in [0.5, 0.6) is 0 Å². The van der Waals surface area contributed by atoms with Crippen molar-refractivity contribution < 1.29 is 67.9 Å². The van der Waals surface area contributed by atoms with E-state index in [0.29, 0.717) is 12.8 Å². The Hall–Kier alpha value is -1.90. The van der Waals surface area contributed by atoms with Crippen LogP contribution in [0.4, 0.5) is 0 Å². The van der Waals surface area contributed by atoms with Gasteiger partial charge in [-0.15, -0.1) is 0 Å². The highest BCUT2D eigenvalue weighted by atomic mass is 31.2. The number of ether oxygens (including phenoxy) is 3. The standard InChI is InChI=1S/C44H83O14P/c1-4-6-8-10-12-14-16-18-19-21-23-25-27-29-31-33-42(47)57-39(36-38(34-35-40(45)55-3)43(48,49)44(50,51)58-59(52,53)54)37-56-41(46)32-30-28-26-24-22-20-17-15-13-11-9-7-5-2/h18-19,38-39,48-51H,4-17,20-37H2,1-3H3,(H2,52,53,54)/b19-18-. The number of hydrogen-bond acceptors (Lipinski definition) is 12. The summed E-state index contributed by atoms with van der Waals surface area (Å²) in [7, 11) is -4.60. The number of carbonyl (C=O) groups excluding carboxylic acids is 3. The fourth-order valence-electron chi connectivity index (χ4n) is 6.97. The minimum Gasteiger partial charge on any atom is -0.469 e. The number of phosphoric ester groups is 1. The van der Waals surface area contributed by atoms with E-state index in [4.69, 9.17) is 19.3 Å². The predicted octanol–water partition coefficient (Wildman–Crippen LogP) is 9.35. The molecule has 0 bridgehead atoms.